The van der Waals surface area contributed by atoms with Crippen LogP contribution in [0, 0.1) is 0 Å². The molecule has 162 valence electrons. The molecule has 1 amide bonds. The number of ether oxygens (including phenoxy) is 1. The molecule has 2 heterocycles. The monoisotopic (exact) mass is 477 g/mol. The summed E-state index contributed by atoms with van der Waals surface area (Å²) in [5, 5.41) is 11.3. The first-order valence-corrected chi connectivity index (χ1v) is 11.7. The number of hydrogen-bond donors (Lipinski definition) is 2. The van der Waals surface area contributed by atoms with Gasteiger partial charge < -0.3 is 10.1 Å². The standard InChI is InChI=1S/C22H21Cl2N3O3S/c1-2-9-30-22(29)19-14-5-3-4-6-18(14)31-21(19)25-20(28)17-11-16(26-27-17)13-8-7-12(23)10-15(13)24/h7-8,10-11H,2-6,9H2,1H3,(H,25,28)(H,26,27). The van der Waals surface area contributed by atoms with E-state index in [0.29, 0.717) is 38.5 Å². The van der Waals surface area contributed by atoms with Crippen molar-refractivity contribution in [2.75, 3.05) is 11.9 Å². The highest BCUT2D eigenvalue weighted by Gasteiger charge is 2.28. The molecule has 0 bridgehead atoms. The van der Waals surface area contributed by atoms with Gasteiger partial charge in [-0.3, -0.25) is 9.89 Å². The SMILES string of the molecule is CCCOC(=O)c1c(NC(=O)c2cc(-c3ccc(Cl)cc3Cl)n[nH]2)sc2c1CCCC2. The number of aromatic amines is 1. The Kier molecular flexibility index (Phi) is 6.65. The van der Waals surface area contributed by atoms with Gasteiger partial charge in [-0.1, -0.05) is 30.1 Å². The van der Waals surface area contributed by atoms with Crippen LogP contribution in [0.1, 0.15) is 57.5 Å². The summed E-state index contributed by atoms with van der Waals surface area (Å²) in [6, 6.07) is 6.70. The van der Waals surface area contributed by atoms with Crippen molar-refractivity contribution in [2.24, 2.45) is 0 Å². The van der Waals surface area contributed by atoms with Crippen molar-refractivity contribution in [1.82, 2.24) is 10.2 Å². The fraction of sp³-hybridized carbons (Fsp3) is 0.318. The topological polar surface area (TPSA) is 84.1 Å². The van der Waals surface area contributed by atoms with Gasteiger partial charge in [-0.2, -0.15) is 5.10 Å². The number of halogens is 2. The molecule has 0 radical (unpaired) electrons. The zero-order valence-corrected chi connectivity index (χ0v) is 19.2. The molecule has 0 saturated heterocycles. The van der Waals surface area contributed by atoms with Crippen LogP contribution in [0.5, 0.6) is 0 Å². The molecular formula is C22H21Cl2N3O3S. The highest BCUT2D eigenvalue weighted by atomic mass is 35.5. The van der Waals surface area contributed by atoms with Crippen molar-refractivity contribution in [3.63, 3.8) is 0 Å². The molecule has 0 saturated carbocycles. The number of carbonyl (C=O) groups excluding carboxylic acids is 2. The van der Waals surface area contributed by atoms with E-state index < -0.39 is 0 Å². The Morgan fingerprint density at radius 2 is 2.03 bits per heavy atom. The number of nitrogens with zero attached hydrogens (tertiary/aromatic N) is 1. The maximum Gasteiger partial charge on any atom is 0.341 e. The average molecular weight is 478 g/mol. The van der Waals surface area contributed by atoms with Gasteiger partial charge in [0, 0.05) is 15.5 Å². The molecule has 2 aromatic heterocycles. The Bertz CT molecular complexity index is 1140. The van der Waals surface area contributed by atoms with E-state index in [1.807, 2.05) is 6.92 Å². The van der Waals surface area contributed by atoms with Crippen LogP contribution in [0.2, 0.25) is 10.0 Å². The lowest BCUT2D eigenvalue weighted by molar-refractivity contribution is 0.0505. The minimum Gasteiger partial charge on any atom is -0.462 e. The summed E-state index contributed by atoms with van der Waals surface area (Å²) < 4.78 is 5.39. The van der Waals surface area contributed by atoms with Gasteiger partial charge in [0.15, 0.2) is 0 Å². The van der Waals surface area contributed by atoms with Gasteiger partial charge in [0.05, 0.1) is 22.9 Å². The van der Waals surface area contributed by atoms with E-state index >= 15 is 0 Å². The molecule has 31 heavy (non-hydrogen) atoms. The van der Waals surface area contributed by atoms with Gasteiger partial charge in [0.1, 0.15) is 10.7 Å². The highest BCUT2D eigenvalue weighted by molar-refractivity contribution is 7.17. The quantitative estimate of drug-likeness (QED) is 0.417. The summed E-state index contributed by atoms with van der Waals surface area (Å²) in [6.45, 7) is 2.30. The van der Waals surface area contributed by atoms with Crippen LogP contribution in [0.4, 0.5) is 5.00 Å². The van der Waals surface area contributed by atoms with E-state index in [1.54, 1.807) is 24.3 Å². The minimum absolute atomic E-state index is 0.264. The van der Waals surface area contributed by atoms with Crippen LogP contribution >= 0.6 is 34.5 Å². The van der Waals surface area contributed by atoms with Crippen molar-refractivity contribution in [1.29, 1.82) is 0 Å². The molecule has 1 aliphatic rings. The van der Waals surface area contributed by atoms with Crippen molar-refractivity contribution in [2.45, 2.75) is 39.0 Å². The second kappa shape index (κ2) is 9.42. The Labute approximate surface area is 193 Å². The second-order valence-corrected chi connectivity index (χ2v) is 9.24. The Balaban J connectivity index is 1.59. The van der Waals surface area contributed by atoms with Crippen molar-refractivity contribution >= 4 is 51.4 Å². The lowest BCUT2D eigenvalue weighted by atomic mass is 9.95. The van der Waals surface area contributed by atoms with Gasteiger partial charge >= 0.3 is 5.97 Å². The van der Waals surface area contributed by atoms with E-state index in [0.717, 1.165) is 42.5 Å². The predicted octanol–water partition coefficient (Wildman–Crippen LogP) is 6.14. The van der Waals surface area contributed by atoms with Crippen LogP contribution in [0.15, 0.2) is 24.3 Å². The largest absolute Gasteiger partial charge is 0.462 e. The van der Waals surface area contributed by atoms with E-state index in [2.05, 4.69) is 15.5 Å². The summed E-state index contributed by atoms with van der Waals surface area (Å²) >= 11 is 13.7. The predicted molar refractivity (Wildman–Crippen MR) is 124 cm³/mol. The number of aryl methyl sites for hydroxylation is 1. The number of nitrogens with one attached hydrogen (secondary N) is 2. The first kappa shape index (κ1) is 21.9. The van der Waals surface area contributed by atoms with Crippen LogP contribution in [0.3, 0.4) is 0 Å². The Morgan fingerprint density at radius 3 is 2.81 bits per heavy atom. The number of aromatic nitrogens is 2. The molecule has 2 N–H and O–H groups in total. The average Bonchev–Trinajstić information content (AvgIpc) is 3.37. The molecule has 0 aliphatic heterocycles. The number of fused-ring (bicyclic) bond motifs is 1. The molecule has 4 rings (SSSR count). The maximum absolute atomic E-state index is 12.9. The summed E-state index contributed by atoms with van der Waals surface area (Å²) in [5.41, 5.74) is 2.95. The molecule has 9 heteroatoms. The lowest BCUT2D eigenvalue weighted by Gasteiger charge is -2.12. The van der Waals surface area contributed by atoms with Gasteiger partial charge in [0.25, 0.3) is 5.91 Å². The number of esters is 1. The molecule has 1 aliphatic carbocycles. The molecule has 0 spiro atoms. The maximum atomic E-state index is 12.9. The van der Waals surface area contributed by atoms with Crippen molar-refractivity contribution in [3.8, 4) is 11.3 Å². The van der Waals surface area contributed by atoms with Gasteiger partial charge in [-0.05, 0) is 61.9 Å². The third kappa shape index (κ3) is 4.63. The highest BCUT2D eigenvalue weighted by Crippen LogP contribution is 2.39. The Morgan fingerprint density at radius 1 is 1.23 bits per heavy atom. The Hall–Kier alpha value is -2.35. The summed E-state index contributed by atoms with van der Waals surface area (Å²) in [5.74, 6) is -0.762. The van der Waals surface area contributed by atoms with Crippen LogP contribution in [-0.2, 0) is 17.6 Å². The number of anilines is 1. The number of thiophene rings is 1. The molecule has 0 atom stereocenters. The molecule has 6 nitrogen and oxygen atoms in total. The zero-order chi connectivity index (χ0) is 22.0. The molecule has 1 aromatic carbocycles. The van der Waals surface area contributed by atoms with Gasteiger partial charge in [0.2, 0.25) is 0 Å². The normalized spacial score (nSPS) is 13.0. The van der Waals surface area contributed by atoms with Crippen LogP contribution in [0.25, 0.3) is 11.3 Å². The number of carbonyl (C=O) groups is 2. The van der Waals surface area contributed by atoms with Crippen molar-refractivity contribution in [3.05, 3.63) is 56.0 Å². The first-order chi connectivity index (χ1) is 15.0. The number of amides is 1. The van der Waals surface area contributed by atoms with Crippen LogP contribution < -0.4 is 5.32 Å². The molecule has 0 fully saturated rings. The van der Waals surface area contributed by atoms with Crippen molar-refractivity contribution < 1.29 is 14.3 Å². The smallest absolute Gasteiger partial charge is 0.341 e. The molecular weight excluding hydrogens is 457 g/mol. The summed E-state index contributed by atoms with van der Waals surface area (Å²) in [4.78, 5) is 26.8. The third-order valence-electron chi connectivity index (χ3n) is 5.07. The number of benzene rings is 1. The minimum atomic E-state index is -0.382. The summed E-state index contributed by atoms with van der Waals surface area (Å²) in [6.07, 6.45) is 4.58. The van der Waals surface area contributed by atoms with E-state index in [1.165, 1.54) is 11.3 Å². The fourth-order valence-electron chi connectivity index (χ4n) is 3.58. The lowest BCUT2D eigenvalue weighted by Crippen LogP contribution is -2.16. The van der Waals surface area contributed by atoms with Crippen LogP contribution in [-0.4, -0.2) is 28.7 Å². The van der Waals surface area contributed by atoms with E-state index in [9.17, 15) is 9.59 Å². The fourth-order valence-corrected chi connectivity index (χ4v) is 5.36. The first-order valence-electron chi connectivity index (χ1n) is 10.1. The number of rotatable bonds is 6. The number of H-pyrrole nitrogens is 1. The van der Waals surface area contributed by atoms with E-state index in [4.69, 9.17) is 27.9 Å². The van der Waals surface area contributed by atoms with Gasteiger partial charge in [-0.15, -0.1) is 11.3 Å². The number of hydrogen-bond acceptors (Lipinski definition) is 5. The second-order valence-electron chi connectivity index (χ2n) is 7.30. The zero-order valence-electron chi connectivity index (χ0n) is 16.9. The summed E-state index contributed by atoms with van der Waals surface area (Å²) in [7, 11) is 0. The third-order valence-corrected chi connectivity index (χ3v) is 6.82. The molecule has 0 unspecified atom stereocenters. The van der Waals surface area contributed by atoms with E-state index in [-0.39, 0.29) is 17.6 Å². The molecule has 3 aromatic rings. The van der Waals surface area contributed by atoms with Gasteiger partial charge in [-0.25, -0.2) is 4.79 Å².